The van der Waals surface area contributed by atoms with Gasteiger partial charge in [-0.1, -0.05) is 12.1 Å². The van der Waals surface area contributed by atoms with Crippen molar-refractivity contribution in [3.8, 4) is 22.6 Å². The van der Waals surface area contributed by atoms with Gasteiger partial charge in [0.2, 0.25) is 0 Å². The van der Waals surface area contributed by atoms with Crippen LogP contribution < -0.4 is 9.47 Å². The third kappa shape index (κ3) is 2.25. The van der Waals surface area contributed by atoms with Gasteiger partial charge in [0.15, 0.2) is 11.5 Å². The number of carbonyl (C=O) groups excluding carboxylic acids is 1. The Morgan fingerprint density at radius 1 is 1.05 bits per heavy atom. The van der Waals surface area contributed by atoms with Crippen LogP contribution in [0.1, 0.15) is 10.4 Å². The molecule has 3 aromatic rings. The lowest BCUT2D eigenvalue weighted by Crippen LogP contribution is -1.95. The minimum absolute atomic E-state index is 0.545. The summed E-state index contributed by atoms with van der Waals surface area (Å²) in [4.78, 5) is 14.3. The third-order valence-corrected chi connectivity index (χ3v) is 3.50. The molecular formula is C17H15NO3. The monoisotopic (exact) mass is 281 g/mol. The number of hydrogen-bond donors (Lipinski definition) is 1. The van der Waals surface area contributed by atoms with Crippen molar-refractivity contribution in [3.63, 3.8) is 0 Å². The molecule has 0 spiro atoms. The van der Waals surface area contributed by atoms with E-state index >= 15 is 0 Å². The summed E-state index contributed by atoms with van der Waals surface area (Å²) >= 11 is 0. The van der Waals surface area contributed by atoms with Gasteiger partial charge in [-0.25, -0.2) is 0 Å². The van der Waals surface area contributed by atoms with Gasteiger partial charge in [-0.2, -0.15) is 0 Å². The number of methoxy groups -OCH3 is 2. The van der Waals surface area contributed by atoms with E-state index in [0.717, 1.165) is 28.3 Å². The molecule has 0 atom stereocenters. The van der Waals surface area contributed by atoms with Crippen LogP contribution in [0.5, 0.6) is 11.5 Å². The van der Waals surface area contributed by atoms with Crippen molar-refractivity contribution in [2.24, 2.45) is 0 Å². The third-order valence-electron chi connectivity index (χ3n) is 3.50. The average molecular weight is 281 g/mol. The highest BCUT2D eigenvalue weighted by molar-refractivity contribution is 5.89. The number of carbonyl (C=O) groups is 1. The number of benzene rings is 2. The number of aldehydes is 1. The molecule has 1 aromatic heterocycles. The fourth-order valence-corrected chi connectivity index (χ4v) is 2.48. The molecule has 106 valence electrons. The van der Waals surface area contributed by atoms with E-state index in [4.69, 9.17) is 9.47 Å². The van der Waals surface area contributed by atoms with Gasteiger partial charge in [0.1, 0.15) is 6.29 Å². The lowest BCUT2D eigenvalue weighted by molar-refractivity contribution is 0.112. The van der Waals surface area contributed by atoms with Crippen molar-refractivity contribution in [2.75, 3.05) is 14.2 Å². The van der Waals surface area contributed by atoms with Crippen LogP contribution in [0.3, 0.4) is 0 Å². The predicted octanol–water partition coefficient (Wildman–Crippen LogP) is 3.66. The number of rotatable bonds is 4. The van der Waals surface area contributed by atoms with Crippen LogP contribution in [0, 0.1) is 0 Å². The molecule has 21 heavy (non-hydrogen) atoms. The Labute approximate surface area is 122 Å². The largest absolute Gasteiger partial charge is 0.493 e. The fourth-order valence-electron chi connectivity index (χ4n) is 2.48. The van der Waals surface area contributed by atoms with Crippen LogP contribution in [-0.2, 0) is 0 Å². The summed E-state index contributed by atoms with van der Waals surface area (Å²) in [6, 6.07) is 11.5. The summed E-state index contributed by atoms with van der Waals surface area (Å²) < 4.78 is 10.8. The Morgan fingerprint density at radius 2 is 1.90 bits per heavy atom. The van der Waals surface area contributed by atoms with E-state index < -0.39 is 0 Å². The van der Waals surface area contributed by atoms with Gasteiger partial charge in [0.25, 0.3) is 0 Å². The van der Waals surface area contributed by atoms with Crippen LogP contribution >= 0.6 is 0 Å². The first-order valence-electron chi connectivity index (χ1n) is 6.55. The molecule has 4 nitrogen and oxygen atoms in total. The summed E-state index contributed by atoms with van der Waals surface area (Å²) in [5.41, 5.74) is 3.37. The maximum absolute atomic E-state index is 11.1. The molecule has 0 aliphatic heterocycles. The molecule has 0 aliphatic carbocycles. The standard InChI is InChI=1S/C17H15NO3/c1-20-16-8-11(10-19)7-14(17(16)21-2)13-4-3-12-5-6-18-15(12)9-13/h3-10,18H,1-2H3. The van der Waals surface area contributed by atoms with Crippen LogP contribution in [0.25, 0.3) is 22.0 Å². The lowest BCUT2D eigenvalue weighted by Gasteiger charge is -2.14. The molecule has 1 N–H and O–H groups in total. The summed E-state index contributed by atoms with van der Waals surface area (Å²) in [7, 11) is 3.15. The number of nitrogens with one attached hydrogen (secondary N) is 1. The van der Waals surface area contributed by atoms with E-state index in [0.29, 0.717) is 17.1 Å². The van der Waals surface area contributed by atoms with Crippen molar-refractivity contribution < 1.29 is 14.3 Å². The molecule has 2 aromatic carbocycles. The number of aromatic nitrogens is 1. The number of ether oxygens (including phenoxy) is 2. The van der Waals surface area contributed by atoms with Gasteiger partial charge in [-0.3, -0.25) is 4.79 Å². The topological polar surface area (TPSA) is 51.3 Å². The first kappa shape index (κ1) is 13.2. The van der Waals surface area contributed by atoms with E-state index in [9.17, 15) is 4.79 Å². The molecular weight excluding hydrogens is 266 g/mol. The second-order valence-electron chi connectivity index (χ2n) is 4.70. The van der Waals surface area contributed by atoms with Crippen LogP contribution in [-0.4, -0.2) is 25.5 Å². The molecule has 0 fully saturated rings. The first-order valence-corrected chi connectivity index (χ1v) is 6.55. The van der Waals surface area contributed by atoms with Crippen molar-refractivity contribution >= 4 is 17.2 Å². The molecule has 0 aliphatic rings. The summed E-state index contributed by atoms with van der Waals surface area (Å²) in [5, 5.41) is 1.14. The lowest BCUT2D eigenvalue weighted by atomic mass is 10.0. The molecule has 4 heteroatoms. The normalized spacial score (nSPS) is 10.6. The van der Waals surface area contributed by atoms with Crippen molar-refractivity contribution in [3.05, 3.63) is 48.2 Å². The minimum atomic E-state index is 0.545. The van der Waals surface area contributed by atoms with Crippen LogP contribution in [0.2, 0.25) is 0 Å². The van der Waals surface area contributed by atoms with Crippen LogP contribution in [0.4, 0.5) is 0 Å². The van der Waals surface area contributed by atoms with E-state index in [2.05, 4.69) is 4.98 Å². The van der Waals surface area contributed by atoms with E-state index in [1.807, 2.05) is 30.5 Å². The molecule has 0 unspecified atom stereocenters. The zero-order valence-electron chi connectivity index (χ0n) is 11.8. The Morgan fingerprint density at radius 3 is 2.62 bits per heavy atom. The summed E-state index contributed by atoms with van der Waals surface area (Å²) in [6.07, 6.45) is 2.70. The van der Waals surface area contributed by atoms with Crippen molar-refractivity contribution in [1.29, 1.82) is 0 Å². The van der Waals surface area contributed by atoms with E-state index in [1.54, 1.807) is 26.4 Å². The second-order valence-corrected chi connectivity index (χ2v) is 4.70. The van der Waals surface area contributed by atoms with Gasteiger partial charge < -0.3 is 14.5 Å². The maximum atomic E-state index is 11.1. The number of H-pyrrole nitrogens is 1. The second kappa shape index (κ2) is 5.32. The average Bonchev–Trinajstić information content (AvgIpc) is 3.00. The molecule has 0 saturated carbocycles. The van der Waals surface area contributed by atoms with Crippen LogP contribution in [0.15, 0.2) is 42.6 Å². The fraction of sp³-hybridized carbons (Fsp3) is 0.118. The Bertz CT molecular complexity index is 805. The number of fused-ring (bicyclic) bond motifs is 1. The molecule has 0 amide bonds. The molecule has 0 bridgehead atoms. The van der Waals surface area contributed by atoms with Gasteiger partial charge in [-0.05, 0) is 35.2 Å². The maximum Gasteiger partial charge on any atom is 0.168 e. The highest BCUT2D eigenvalue weighted by Gasteiger charge is 2.14. The first-order chi connectivity index (χ1) is 10.3. The zero-order chi connectivity index (χ0) is 14.8. The van der Waals surface area contributed by atoms with E-state index in [-0.39, 0.29) is 0 Å². The summed E-state index contributed by atoms with van der Waals surface area (Å²) in [6.45, 7) is 0. The Hall–Kier alpha value is -2.75. The van der Waals surface area contributed by atoms with E-state index in [1.165, 1.54) is 0 Å². The Balaban J connectivity index is 2.25. The van der Waals surface area contributed by atoms with Crippen molar-refractivity contribution in [1.82, 2.24) is 4.98 Å². The van der Waals surface area contributed by atoms with Gasteiger partial charge in [0, 0.05) is 22.8 Å². The minimum Gasteiger partial charge on any atom is -0.493 e. The van der Waals surface area contributed by atoms with Gasteiger partial charge in [-0.15, -0.1) is 0 Å². The predicted molar refractivity (Wildman–Crippen MR) is 82.2 cm³/mol. The number of aromatic amines is 1. The van der Waals surface area contributed by atoms with Gasteiger partial charge >= 0.3 is 0 Å². The molecule has 0 radical (unpaired) electrons. The molecule has 1 heterocycles. The highest BCUT2D eigenvalue weighted by atomic mass is 16.5. The highest BCUT2D eigenvalue weighted by Crippen LogP contribution is 2.39. The molecule has 0 saturated heterocycles. The molecule has 3 rings (SSSR count). The quantitative estimate of drug-likeness (QED) is 0.742. The SMILES string of the molecule is COc1cc(C=O)cc(-c2ccc3cc[nH]c3c2)c1OC. The smallest absolute Gasteiger partial charge is 0.168 e. The summed E-state index contributed by atoms with van der Waals surface area (Å²) in [5.74, 6) is 1.16. The zero-order valence-corrected chi connectivity index (χ0v) is 11.8. The number of hydrogen-bond acceptors (Lipinski definition) is 3. The Kier molecular flexibility index (Phi) is 3.36. The van der Waals surface area contributed by atoms with Crippen molar-refractivity contribution in [2.45, 2.75) is 0 Å². The van der Waals surface area contributed by atoms with Gasteiger partial charge in [0.05, 0.1) is 14.2 Å².